The molecule has 1 N–H and O–H groups in total. The number of benzene rings is 4. The second kappa shape index (κ2) is 13.6. The molecular formula is C45H54NSiZr. The average Bonchev–Trinajstić information content (AvgIpc) is 3.26. The Balaban J connectivity index is 0.000000255. The van der Waals surface area contributed by atoms with E-state index in [0.29, 0.717) is 22.3 Å². The molecule has 4 fully saturated rings. The molecule has 3 atom stereocenters. The van der Waals surface area contributed by atoms with Crippen molar-refractivity contribution in [3.05, 3.63) is 141 Å². The van der Waals surface area contributed by atoms with Gasteiger partial charge in [-0.15, -0.1) is 0 Å². The summed E-state index contributed by atoms with van der Waals surface area (Å²) in [6.07, 6.45) is 8.65. The monoisotopic (exact) mass is 726 g/mol. The van der Waals surface area contributed by atoms with Gasteiger partial charge in [-0.25, -0.2) is 0 Å². The second-order valence-corrected chi connectivity index (χ2v) is 30.3. The minimum absolute atomic E-state index is 0.365. The van der Waals surface area contributed by atoms with Gasteiger partial charge >= 0.3 is 230 Å². The Morgan fingerprint density at radius 1 is 0.583 bits per heavy atom. The zero-order valence-corrected chi connectivity index (χ0v) is 33.6. The van der Waals surface area contributed by atoms with Crippen LogP contribution in [0.3, 0.4) is 0 Å². The van der Waals surface area contributed by atoms with E-state index in [1.54, 1.807) is 27.1 Å². The van der Waals surface area contributed by atoms with Gasteiger partial charge in [-0.3, -0.25) is 0 Å². The van der Waals surface area contributed by atoms with E-state index in [2.05, 4.69) is 151 Å². The van der Waals surface area contributed by atoms with E-state index in [0.717, 1.165) is 5.92 Å². The van der Waals surface area contributed by atoms with E-state index in [-0.39, 0.29) is 0 Å². The summed E-state index contributed by atoms with van der Waals surface area (Å²) in [6.45, 7) is 15.1. The van der Waals surface area contributed by atoms with Gasteiger partial charge in [-0.1, -0.05) is 60.7 Å². The summed E-state index contributed by atoms with van der Waals surface area (Å²) < 4.78 is 6.72. The third-order valence-corrected chi connectivity index (χ3v) is 32.3. The largest absolute Gasteiger partial charge is 0.0622 e. The van der Waals surface area contributed by atoms with Crippen molar-refractivity contribution in [3.8, 4) is 11.1 Å². The van der Waals surface area contributed by atoms with Crippen molar-refractivity contribution >= 4 is 16.3 Å². The topological polar surface area (TPSA) is 12.0 Å². The number of hydrogen-bond donors (Lipinski definition) is 1. The molecule has 3 heteroatoms. The Bertz CT molecular complexity index is 1690. The first-order valence-electron chi connectivity index (χ1n) is 18.3. The Morgan fingerprint density at radius 3 is 1.42 bits per heavy atom. The fourth-order valence-electron chi connectivity index (χ4n) is 11.0. The van der Waals surface area contributed by atoms with Crippen LogP contribution in [-0.2, 0) is 21.2 Å². The summed E-state index contributed by atoms with van der Waals surface area (Å²) in [4.78, 5) is 0. The molecule has 48 heavy (non-hydrogen) atoms. The maximum absolute atomic E-state index is 4.83. The van der Waals surface area contributed by atoms with E-state index < -0.39 is 27.1 Å². The van der Waals surface area contributed by atoms with Gasteiger partial charge in [0.2, 0.25) is 0 Å². The van der Waals surface area contributed by atoms with Gasteiger partial charge < -0.3 is 0 Å². The van der Waals surface area contributed by atoms with Crippen molar-refractivity contribution in [1.82, 2.24) is 3.26 Å². The predicted molar refractivity (Wildman–Crippen MR) is 205 cm³/mol. The Morgan fingerprint density at radius 2 is 1.02 bits per heavy atom. The molecule has 3 unspecified atom stereocenters. The standard InChI is InChI=1S/C12H20N.C12H11Si.C12H10.C9H13.Zr/c1-10-3-9-4-11(2,6-10)8-12(13,5-9)7-10;1-3-7-11(8-4-1)13-12-9-5-2-6-10-12;1-3-7-11(8-4-1)12-9-5-2-6-10-12;1-6-5-7(2)9(4)8(6)3;/h9,13H,3-8H2,1-2H3;1-10,13H;1-10H;6H,1-4H3;/q-1;;;;+1. The maximum atomic E-state index is 4.83. The van der Waals surface area contributed by atoms with Gasteiger partial charge in [0.25, 0.3) is 0 Å². The third-order valence-electron chi connectivity index (χ3n) is 12.4. The van der Waals surface area contributed by atoms with Gasteiger partial charge in [-0.05, 0) is 11.1 Å². The Labute approximate surface area is 299 Å². The molecule has 4 aromatic carbocycles. The fraction of sp³-hybridized carbons (Fsp3) is 0.378. The minimum Gasteiger partial charge on any atom is -0.0622 e. The quantitative estimate of drug-likeness (QED) is 0.187. The van der Waals surface area contributed by atoms with Crippen LogP contribution < -0.4 is 13.6 Å². The van der Waals surface area contributed by atoms with Crippen LogP contribution in [0.25, 0.3) is 11.1 Å². The molecule has 4 saturated carbocycles. The minimum atomic E-state index is -2.36. The zero-order valence-electron chi connectivity index (χ0n) is 30.0. The number of nitrogens with one attached hydrogen (secondary N) is 1. The molecule has 247 valence electrons. The normalized spacial score (nSPS) is 28.9. The van der Waals surface area contributed by atoms with Crippen molar-refractivity contribution < 1.29 is 21.2 Å². The Kier molecular flexibility index (Phi) is 9.62. The van der Waals surface area contributed by atoms with Crippen LogP contribution in [-0.4, -0.2) is 11.5 Å². The molecule has 4 aromatic rings. The molecule has 0 spiro atoms. The summed E-state index contributed by atoms with van der Waals surface area (Å²) in [7, 11) is 0. The maximum Gasteiger partial charge on any atom is -0.0184 e. The second-order valence-electron chi connectivity index (χ2n) is 16.5. The van der Waals surface area contributed by atoms with Gasteiger partial charge in [-0.2, -0.15) is 0 Å². The molecule has 5 aliphatic carbocycles. The molecule has 0 radical (unpaired) electrons. The van der Waals surface area contributed by atoms with E-state index in [4.69, 9.17) is 3.26 Å². The summed E-state index contributed by atoms with van der Waals surface area (Å²) >= 11 is -2.36. The van der Waals surface area contributed by atoms with Crippen LogP contribution in [0.15, 0.2) is 141 Å². The van der Waals surface area contributed by atoms with E-state index in [1.165, 1.54) is 49.7 Å². The van der Waals surface area contributed by atoms with Crippen LogP contribution in [0.4, 0.5) is 0 Å². The zero-order chi connectivity index (χ0) is 33.5. The van der Waals surface area contributed by atoms with Crippen molar-refractivity contribution in [2.75, 3.05) is 0 Å². The van der Waals surface area contributed by atoms with Crippen LogP contribution in [0, 0.1) is 22.7 Å². The molecule has 0 heterocycles. The summed E-state index contributed by atoms with van der Waals surface area (Å²) in [5.74, 6) is 0.112. The van der Waals surface area contributed by atoms with Crippen LogP contribution in [0.2, 0.25) is 0 Å². The molecule has 4 bridgehead atoms. The Hall–Kier alpha value is -2.58. The molecule has 1 nitrogen and oxygen atoms in total. The fourth-order valence-corrected chi connectivity index (χ4v) is 35.0. The van der Waals surface area contributed by atoms with Gasteiger partial charge in [0.15, 0.2) is 0 Å². The predicted octanol–water partition coefficient (Wildman–Crippen LogP) is 10.0. The smallest absolute Gasteiger partial charge is 0.0184 e. The van der Waals surface area contributed by atoms with Crippen molar-refractivity contribution in [1.29, 1.82) is 0 Å². The van der Waals surface area contributed by atoms with Crippen molar-refractivity contribution in [2.24, 2.45) is 22.7 Å². The summed E-state index contributed by atoms with van der Waals surface area (Å²) in [5.41, 5.74) is 8.85. The van der Waals surface area contributed by atoms with Gasteiger partial charge in [0, 0.05) is 0 Å². The molecule has 0 aliphatic heterocycles. The first-order chi connectivity index (χ1) is 23.1. The SMILES string of the molecule is CC1=C(C)C(C)[C]([Zr]([NH]C23CC4CC(C)(CC(C)(C4)C2)C3)[SiH](c2ccccc2)c2ccccc2)=C1C.c1ccc(-c2ccccc2)cc1. The number of rotatable bonds is 7. The summed E-state index contributed by atoms with van der Waals surface area (Å²) in [5, 5.41) is 3.31. The third kappa shape index (κ3) is 6.77. The molecule has 5 aliphatic rings. The van der Waals surface area contributed by atoms with Crippen LogP contribution >= 0.6 is 0 Å². The van der Waals surface area contributed by atoms with Gasteiger partial charge in [0.1, 0.15) is 0 Å². The molecule has 0 aromatic heterocycles. The number of allylic oxidation sites excluding steroid dienone is 4. The molecular weight excluding hydrogens is 674 g/mol. The van der Waals surface area contributed by atoms with E-state index in [1.807, 2.05) is 15.4 Å². The first kappa shape index (κ1) is 33.9. The van der Waals surface area contributed by atoms with E-state index >= 15 is 0 Å². The van der Waals surface area contributed by atoms with Crippen molar-refractivity contribution in [3.63, 3.8) is 0 Å². The van der Waals surface area contributed by atoms with Gasteiger partial charge in [0.05, 0.1) is 0 Å². The average molecular weight is 728 g/mol. The molecule has 0 amide bonds. The summed E-state index contributed by atoms with van der Waals surface area (Å²) in [6, 6.07) is 44.2. The van der Waals surface area contributed by atoms with E-state index in [9.17, 15) is 0 Å². The van der Waals surface area contributed by atoms with Crippen LogP contribution in [0.1, 0.15) is 80.1 Å². The number of hydrogen-bond acceptors (Lipinski definition) is 1. The molecule has 0 saturated heterocycles. The molecule has 9 rings (SSSR count). The first-order valence-corrected chi connectivity index (χ1v) is 26.8. The van der Waals surface area contributed by atoms with Crippen LogP contribution in [0.5, 0.6) is 0 Å². The van der Waals surface area contributed by atoms with Crippen molar-refractivity contribution in [2.45, 2.75) is 85.6 Å².